The van der Waals surface area contributed by atoms with Gasteiger partial charge in [-0.1, -0.05) is 0 Å². The highest BCUT2D eigenvalue weighted by Gasteiger charge is 2.02. The Labute approximate surface area is 57.3 Å². The van der Waals surface area contributed by atoms with Crippen molar-refractivity contribution in [2.75, 3.05) is 0 Å². The topological polar surface area (TPSA) is 39.2 Å². The summed E-state index contributed by atoms with van der Waals surface area (Å²) in [5.41, 5.74) is 0. The van der Waals surface area contributed by atoms with E-state index in [-0.39, 0.29) is 0 Å². The molecule has 0 spiro atoms. The van der Waals surface area contributed by atoms with Crippen molar-refractivity contribution in [3.05, 3.63) is 30.9 Å². The third-order valence-corrected chi connectivity index (χ3v) is 1.12. The second-order valence-electron chi connectivity index (χ2n) is 1.76. The molecule has 0 fully saturated rings. The predicted molar refractivity (Wildman–Crippen MR) is 33.0 cm³/mol. The van der Waals surface area contributed by atoms with Crippen molar-refractivity contribution < 1.29 is 8.83 Å². The molecule has 0 saturated carbocycles. The van der Waals surface area contributed by atoms with Crippen LogP contribution in [0.15, 0.2) is 33.5 Å². The van der Waals surface area contributed by atoms with Crippen LogP contribution >= 0.6 is 0 Å². The number of nitrogens with zero attached hydrogens (tertiary/aromatic N) is 1. The fourth-order valence-electron chi connectivity index (χ4n) is 0.707. The number of oxazole rings is 1. The lowest BCUT2D eigenvalue weighted by molar-refractivity contribution is 0.517. The SMILES string of the molecule is [c]1coc(-c2ccco2)n1. The van der Waals surface area contributed by atoms with E-state index < -0.39 is 0 Å². The van der Waals surface area contributed by atoms with Gasteiger partial charge in [0.05, 0.1) is 6.26 Å². The Bertz CT molecular complexity index is 251. The monoisotopic (exact) mass is 134 g/mol. The molecular formula is C7H4NO2. The summed E-state index contributed by atoms with van der Waals surface area (Å²) in [5.74, 6) is 1.09. The molecule has 49 valence electrons. The molecular weight excluding hydrogens is 130 g/mol. The van der Waals surface area contributed by atoms with E-state index in [1.54, 1.807) is 18.4 Å². The molecule has 3 nitrogen and oxygen atoms in total. The molecule has 0 bridgehead atoms. The number of hydrogen-bond acceptors (Lipinski definition) is 3. The van der Waals surface area contributed by atoms with Crippen molar-refractivity contribution in [1.82, 2.24) is 4.98 Å². The van der Waals surface area contributed by atoms with Gasteiger partial charge in [-0.05, 0) is 12.1 Å². The molecule has 0 aliphatic carbocycles. The summed E-state index contributed by atoms with van der Waals surface area (Å²) in [7, 11) is 0. The lowest BCUT2D eigenvalue weighted by atomic mass is 10.4. The first-order chi connectivity index (χ1) is 4.97. The van der Waals surface area contributed by atoms with Crippen LogP contribution in [-0.2, 0) is 0 Å². The van der Waals surface area contributed by atoms with E-state index in [0.29, 0.717) is 11.7 Å². The number of hydrogen-bond donors (Lipinski definition) is 0. The Kier molecular flexibility index (Phi) is 1.07. The van der Waals surface area contributed by atoms with Gasteiger partial charge in [0.25, 0.3) is 5.89 Å². The summed E-state index contributed by atoms with van der Waals surface area (Å²) in [6, 6.07) is 3.55. The minimum atomic E-state index is 0.463. The summed E-state index contributed by atoms with van der Waals surface area (Å²) < 4.78 is 9.92. The zero-order chi connectivity index (χ0) is 6.81. The van der Waals surface area contributed by atoms with Crippen LogP contribution in [0.3, 0.4) is 0 Å². The molecule has 2 rings (SSSR count). The zero-order valence-electron chi connectivity index (χ0n) is 5.07. The Hall–Kier alpha value is -1.51. The smallest absolute Gasteiger partial charge is 0.263 e. The molecule has 0 aliphatic rings. The summed E-state index contributed by atoms with van der Waals surface area (Å²) >= 11 is 0. The second-order valence-corrected chi connectivity index (χ2v) is 1.76. The van der Waals surface area contributed by atoms with Gasteiger partial charge in [-0.15, -0.1) is 0 Å². The Morgan fingerprint density at radius 2 is 2.40 bits per heavy atom. The highest BCUT2D eigenvalue weighted by Crippen LogP contribution is 2.15. The number of rotatable bonds is 1. The summed E-state index contributed by atoms with van der Waals surface area (Å²) in [5, 5.41) is 0. The molecule has 0 amide bonds. The second kappa shape index (κ2) is 2.02. The molecule has 2 aromatic rings. The van der Waals surface area contributed by atoms with Crippen molar-refractivity contribution in [3.63, 3.8) is 0 Å². The lowest BCUT2D eigenvalue weighted by Gasteiger charge is -1.82. The van der Waals surface area contributed by atoms with E-state index in [4.69, 9.17) is 8.83 Å². The van der Waals surface area contributed by atoms with Crippen molar-refractivity contribution >= 4 is 0 Å². The minimum absolute atomic E-state index is 0.463. The normalized spacial score (nSPS) is 10.0. The largest absolute Gasteiger partial charge is 0.459 e. The first-order valence-electron chi connectivity index (χ1n) is 2.82. The van der Waals surface area contributed by atoms with Gasteiger partial charge >= 0.3 is 0 Å². The average molecular weight is 134 g/mol. The number of furan rings is 1. The maximum absolute atomic E-state index is 5.00. The van der Waals surface area contributed by atoms with Crippen LogP contribution in [0.4, 0.5) is 0 Å². The molecule has 2 heterocycles. The van der Waals surface area contributed by atoms with E-state index in [2.05, 4.69) is 11.2 Å². The standard InChI is InChI=1S/C7H4NO2/c1-2-6(9-4-1)7-8-3-5-10-7/h1-2,4-5H. The van der Waals surface area contributed by atoms with E-state index in [9.17, 15) is 0 Å². The molecule has 0 N–H and O–H groups in total. The molecule has 10 heavy (non-hydrogen) atoms. The quantitative estimate of drug-likeness (QED) is 0.596. The molecule has 0 saturated heterocycles. The van der Waals surface area contributed by atoms with E-state index in [1.165, 1.54) is 6.26 Å². The van der Waals surface area contributed by atoms with Gasteiger partial charge in [0.1, 0.15) is 12.5 Å². The van der Waals surface area contributed by atoms with Crippen molar-refractivity contribution in [1.29, 1.82) is 0 Å². The molecule has 2 aromatic heterocycles. The maximum atomic E-state index is 5.00. The Balaban J connectivity index is 2.48. The molecule has 0 aromatic carbocycles. The van der Waals surface area contributed by atoms with Crippen LogP contribution in [0.25, 0.3) is 11.7 Å². The highest BCUT2D eigenvalue weighted by molar-refractivity contribution is 5.42. The van der Waals surface area contributed by atoms with Crippen LogP contribution in [0.1, 0.15) is 0 Å². The lowest BCUT2D eigenvalue weighted by Crippen LogP contribution is -1.68. The van der Waals surface area contributed by atoms with Crippen LogP contribution in [-0.4, -0.2) is 4.98 Å². The summed E-state index contributed by atoms with van der Waals surface area (Å²) in [6.45, 7) is 0. The molecule has 0 aliphatic heterocycles. The Morgan fingerprint density at radius 3 is 3.00 bits per heavy atom. The predicted octanol–water partition coefficient (Wildman–Crippen LogP) is 1.73. The van der Waals surface area contributed by atoms with Crippen LogP contribution in [0.5, 0.6) is 0 Å². The molecule has 1 radical (unpaired) electrons. The minimum Gasteiger partial charge on any atom is -0.459 e. The Morgan fingerprint density at radius 1 is 1.40 bits per heavy atom. The van der Waals surface area contributed by atoms with Gasteiger partial charge in [-0.25, -0.2) is 4.98 Å². The number of aromatic nitrogens is 1. The van der Waals surface area contributed by atoms with Crippen molar-refractivity contribution in [2.45, 2.75) is 0 Å². The third-order valence-electron chi connectivity index (χ3n) is 1.12. The molecule has 0 atom stereocenters. The van der Waals surface area contributed by atoms with Gasteiger partial charge in [-0.2, -0.15) is 0 Å². The fourth-order valence-corrected chi connectivity index (χ4v) is 0.707. The van der Waals surface area contributed by atoms with Gasteiger partial charge in [0.2, 0.25) is 0 Å². The summed E-state index contributed by atoms with van der Waals surface area (Å²) in [6.07, 6.45) is 5.50. The highest BCUT2D eigenvalue weighted by atomic mass is 16.4. The fraction of sp³-hybridized carbons (Fsp3) is 0. The summed E-state index contributed by atoms with van der Waals surface area (Å²) in [4.78, 5) is 3.77. The van der Waals surface area contributed by atoms with Crippen LogP contribution in [0, 0.1) is 6.20 Å². The van der Waals surface area contributed by atoms with E-state index in [1.807, 2.05) is 0 Å². The van der Waals surface area contributed by atoms with Gasteiger partial charge < -0.3 is 8.83 Å². The first-order valence-corrected chi connectivity index (χ1v) is 2.82. The average Bonchev–Trinajstić information content (AvgIpc) is 2.59. The van der Waals surface area contributed by atoms with Crippen molar-refractivity contribution in [2.24, 2.45) is 0 Å². The van der Waals surface area contributed by atoms with Gasteiger partial charge in [-0.3, -0.25) is 0 Å². The third kappa shape index (κ3) is 0.719. The van der Waals surface area contributed by atoms with E-state index in [0.717, 1.165) is 0 Å². The maximum Gasteiger partial charge on any atom is 0.263 e. The van der Waals surface area contributed by atoms with Gasteiger partial charge in [0, 0.05) is 0 Å². The van der Waals surface area contributed by atoms with Gasteiger partial charge in [0.15, 0.2) is 5.76 Å². The molecule has 0 unspecified atom stereocenters. The first kappa shape index (κ1) is 5.29. The van der Waals surface area contributed by atoms with Crippen molar-refractivity contribution in [3.8, 4) is 11.7 Å². The molecule has 3 heteroatoms. The van der Waals surface area contributed by atoms with Crippen LogP contribution < -0.4 is 0 Å². The van der Waals surface area contributed by atoms with Crippen LogP contribution in [0.2, 0.25) is 0 Å². The van der Waals surface area contributed by atoms with E-state index >= 15 is 0 Å². The zero-order valence-corrected chi connectivity index (χ0v) is 5.07.